The van der Waals surface area contributed by atoms with Crippen molar-refractivity contribution in [1.82, 2.24) is 9.55 Å². The molecule has 3 rings (SSSR count). The summed E-state index contributed by atoms with van der Waals surface area (Å²) in [4.78, 5) is 16.9. The number of hydrogen-bond acceptors (Lipinski definition) is 3. The number of nitriles is 1. The van der Waals surface area contributed by atoms with Crippen LogP contribution in [0.15, 0.2) is 54.9 Å². The average Bonchev–Trinajstić information content (AvgIpc) is 3.00. The van der Waals surface area contributed by atoms with E-state index in [-0.39, 0.29) is 5.78 Å². The Balaban J connectivity index is 1.98. The molecule has 0 amide bonds. The first-order chi connectivity index (χ1) is 12.5. The molecule has 0 atom stereocenters. The van der Waals surface area contributed by atoms with Crippen molar-refractivity contribution in [3.05, 3.63) is 87.4 Å². The van der Waals surface area contributed by atoms with E-state index in [1.165, 1.54) is 6.07 Å². The van der Waals surface area contributed by atoms with E-state index in [4.69, 9.17) is 23.2 Å². The molecule has 0 spiro atoms. The van der Waals surface area contributed by atoms with Crippen molar-refractivity contribution in [3.8, 4) is 6.07 Å². The maximum atomic E-state index is 12.7. The molecule has 0 saturated heterocycles. The van der Waals surface area contributed by atoms with E-state index in [2.05, 4.69) is 11.1 Å². The summed E-state index contributed by atoms with van der Waals surface area (Å²) >= 11 is 12.0. The molecule has 0 radical (unpaired) electrons. The molecular formula is C20H13Cl2N3O. The second-order valence-corrected chi connectivity index (χ2v) is 6.45. The molecule has 128 valence electrons. The molecule has 6 heteroatoms. The summed E-state index contributed by atoms with van der Waals surface area (Å²) in [7, 11) is 1.81. The Bertz CT molecular complexity index is 1050. The molecule has 0 aliphatic rings. The van der Waals surface area contributed by atoms with Gasteiger partial charge in [-0.25, -0.2) is 0 Å². The number of hydrogen-bond donors (Lipinski definition) is 0. The molecule has 1 aromatic carbocycles. The van der Waals surface area contributed by atoms with Gasteiger partial charge in [-0.15, -0.1) is 0 Å². The Morgan fingerprint density at radius 2 is 2.04 bits per heavy atom. The second-order valence-electron chi connectivity index (χ2n) is 5.60. The largest absolute Gasteiger partial charge is 0.350 e. The van der Waals surface area contributed by atoms with Crippen molar-refractivity contribution in [1.29, 1.82) is 5.26 Å². The predicted molar refractivity (Wildman–Crippen MR) is 103 cm³/mol. The van der Waals surface area contributed by atoms with E-state index in [0.717, 1.165) is 0 Å². The van der Waals surface area contributed by atoms with Crippen molar-refractivity contribution in [2.24, 2.45) is 7.05 Å². The number of nitrogens with zero attached hydrogens (tertiary/aromatic N) is 3. The highest BCUT2D eigenvalue weighted by Gasteiger charge is 2.16. The number of ketones is 1. The van der Waals surface area contributed by atoms with Gasteiger partial charge in [0.15, 0.2) is 5.78 Å². The van der Waals surface area contributed by atoms with Crippen LogP contribution in [0.5, 0.6) is 0 Å². The quantitative estimate of drug-likeness (QED) is 0.470. The van der Waals surface area contributed by atoms with Crippen LogP contribution in [0.25, 0.3) is 11.6 Å². The van der Waals surface area contributed by atoms with E-state index in [1.807, 2.05) is 6.07 Å². The van der Waals surface area contributed by atoms with Crippen LogP contribution in [0.2, 0.25) is 10.0 Å². The van der Waals surface area contributed by atoms with Crippen LogP contribution in [0.1, 0.15) is 27.3 Å². The number of pyridine rings is 1. The van der Waals surface area contributed by atoms with Gasteiger partial charge in [0, 0.05) is 41.3 Å². The van der Waals surface area contributed by atoms with Crippen molar-refractivity contribution < 1.29 is 4.79 Å². The molecule has 0 saturated carbocycles. The maximum absolute atomic E-state index is 12.7. The number of aryl methyl sites for hydroxylation is 1. The third kappa shape index (κ3) is 3.70. The molecule has 2 aromatic heterocycles. The average molecular weight is 382 g/mol. The summed E-state index contributed by atoms with van der Waals surface area (Å²) in [5.41, 5.74) is 2.55. The van der Waals surface area contributed by atoms with Gasteiger partial charge in [0.2, 0.25) is 0 Å². The van der Waals surface area contributed by atoms with Crippen LogP contribution in [-0.2, 0) is 7.05 Å². The Morgan fingerprint density at radius 3 is 2.69 bits per heavy atom. The fourth-order valence-electron chi connectivity index (χ4n) is 2.51. The summed E-state index contributed by atoms with van der Waals surface area (Å²) in [5, 5.41) is 10.2. The summed E-state index contributed by atoms with van der Waals surface area (Å²) in [6, 6.07) is 14.0. The predicted octanol–water partition coefficient (Wildman–Crippen LogP) is 5.02. The van der Waals surface area contributed by atoms with Crippen LogP contribution >= 0.6 is 23.2 Å². The van der Waals surface area contributed by atoms with Crippen molar-refractivity contribution in [2.75, 3.05) is 0 Å². The number of halogens is 2. The van der Waals surface area contributed by atoms with Gasteiger partial charge in [-0.2, -0.15) is 5.26 Å². The highest BCUT2D eigenvalue weighted by molar-refractivity contribution is 6.37. The monoisotopic (exact) mass is 381 g/mol. The van der Waals surface area contributed by atoms with Crippen LogP contribution < -0.4 is 0 Å². The maximum Gasteiger partial charge on any atom is 0.196 e. The first kappa shape index (κ1) is 17.9. The lowest BCUT2D eigenvalue weighted by Gasteiger charge is -2.02. The first-order valence-electron chi connectivity index (χ1n) is 7.69. The van der Waals surface area contributed by atoms with E-state index in [1.54, 1.807) is 60.4 Å². The number of benzene rings is 1. The van der Waals surface area contributed by atoms with E-state index in [9.17, 15) is 10.1 Å². The van der Waals surface area contributed by atoms with Crippen molar-refractivity contribution in [2.45, 2.75) is 0 Å². The van der Waals surface area contributed by atoms with E-state index in [0.29, 0.717) is 38.1 Å². The third-order valence-corrected chi connectivity index (χ3v) is 4.38. The first-order valence-corrected chi connectivity index (χ1v) is 8.44. The third-order valence-electron chi connectivity index (χ3n) is 3.83. The number of allylic oxidation sites excluding steroid dienone is 1. The molecule has 3 aromatic rings. The molecular weight excluding hydrogens is 369 g/mol. The number of carbonyl (C=O) groups is 1. The Kier molecular flexibility index (Phi) is 5.22. The lowest BCUT2D eigenvalue weighted by atomic mass is 10.1. The van der Waals surface area contributed by atoms with Gasteiger partial charge in [0.05, 0.1) is 16.3 Å². The molecule has 0 unspecified atom stereocenters. The standard InChI is InChI=1S/C20H13Cl2N3O/c1-25-12-14(20(26)17-6-5-15(21)10-18(17)22)9-16(25)8-13(11-23)19-4-2-3-7-24-19/h2-10,12H,1H3/b13-8-. The number of rotatable bonds is 4. The zero-order valence-electron chi connectivity index (χ0n) is 13.8. The SMILES string of the molecule is Cn1cc(C(=O)c2ccc(Cl)cc2Cl)cc1/C=C(/C#N)c1ccccn1. The molecule has 2 heterocycles. The second kappa shape index (κ2) is 7.57. The molecule has 0 N–H and O–H groups in total. The van der Waals surface area contributed by atoms with Crippen LogP contribution in [-0.4, -0.2) is 15.3 Å². The van der Waals surface area contributed by atoms with Gasteiger partial charge < -0.3 is 4.57 Å². The summed E-state index contributed by atoms with van der Waals surface area (Å²) in [5.74, 6) is -0.210. The number of carbonyl (C=O) groups excluding carboxylic acids is 1. The van der Waals surface area contributed by atoms with Gasteiger partial charge in [0.25, 0.3) is 0 Å². The van der Waals surface area contributed by atoms with Crippen LogP contribution in [0, 0.1) is 11.3 Å². The van der Waals surface area contributed by atoms with Crippen LogP contribution in [0.4, 0.5) is 0 Å². The lowest BCUT2D eigenvalue weighted by Crippen LogP contribution is -2.00. The highest BCUT2D eigenvalue weighted by Crippen LogP contribution is 2.25. The van der Waals surface area contributed by atoms with Gasteiger partial charge in [-0.3, -0.25) is 9.78 Å². The molecule has 26 heavy (non-hydrogen) atoms. The van der Waals surface area contributed by atoms with E-state index >= 15 is 0 Å². The van der Waals surface area contributed by atoms with Gasteiger partial charge >= 0.3 is 0 Å². The van der Waals surface area contributed by atoms with Crippen LogP contribution in [0.3, 0.4) is 0 Å². The summed E-state index contributed by atoms with van der Waals surface area (Å²) < 4.78 is 1.78. The Morgan fingerprint density at radius 1 is 1.23 bits per heavy atom. The van der Waals surface area contributed by atoms with E-state index < -0.39 is 0 Å². The molecule has 0 aliphatic carbocycles. The van der Waals surface area contributed by atoms with Crippen molar-refractivity contribution in [3.63, 3.8) is 0 Å². The summed E-state index contributed by atoms with van der Waals surface area (Å²) in [6.07, 6.45) is 5.03. The fourth-order valence-corrected chi connectivity index (χ4v) is 3.01. The summed E-state index contributed by atoms with van der Waals surface area (Å²) in [6.45, 7) is 0. The minimum Gasteiger partial charge on any atom is -0.350 e. The topological polar surface area (TPSA) is 58.7 Å². The highest BCUT2D eigenvalue weighted by atomic mass is 35.5. The minimum atomic E-state index is -0.210. The zero-order chi connectivity index (χ0) is 18.7. The normalized spacial score (nSPS) is 11.2. The number of aromatic nitrogens is 2. The van der Waals surface area contributed by atoms with Gasteiger partial charge in [0.1, 0.15) is 6.07 Å². The fraction of sp³-hybridized carbons (Fsp3) is 0.0500. The molecule has 0 bridgehead atoms. The van der Waals surface area contributed by atoms with Gasteiger partial charge in [-0.1, -0.05) is 29.3 Å². The minimum absolute atomic E-state index is 0.210. The lowest BCUT2D eigenvalue weighted by molar-refractivity contribution is 0.103. The zero-order valence-corrected chi connectivity index (χ0v) is 15.3. The smallest absolute Gasteiger partial charge is 0.196 e. The van der Waals surface area contributed by atoms with Gasteiger partial charge in [-0.05, 0) is 42.5 Å². The molecule has 0 fully saturated rings. The molecule has 4 nitrogen and oxygen atoms in total. The molecule has 0 aliphatic heterocycles. The van der Waals surface area contributed by atoms with Crippen molar-refractivity contribution >= 4 is 40.6 Å². The Hall–Kier alpha value is -2.87. The Labute approximate surface area is 160 Å².